The number of carbonyl (C=O) groups is 1. The van der Waals surface area contributed by atoms with Gasteiger partial charge in [0, 0.05) is 19.9 Å². The number of nitrogens with zero attached hydrogens (tertiary/aromatic N) is 3. The number of likely N-dealkylation sites (N-methyl/N-ethyl adjacent to an activating group) is 1. The maximum atomic E-state index is 10.7. The van der Waals surface area contributed by atoms with Crippen molar-refractivity contribution in [2.45, 2.75) is 18.9 Å². The second-order valence-electron chi connectivity index (χ2n) is 4.55. The molecule has 0 amide bonds. The van der Waals surface area contributed by atoms with E-state index in [1.54, 1.807) is 19.3 Å². The van der Waals surface area contributed by atoms with Crippen LogP contribution in [-0.2, 0) is 9.53 Å². The number of carboxylic acids is 1. The molecule has 2 heterocycles. The summed E-state index contributed by atoms with van der Waals surface area (Å²) in [5.41, 5.74) is 0. The fraction of sp³-hybridized carbons (Fsp3) is 0.583. The molecule has 0 aromatic carbocycles. The summed E-state index contributed by atoms with van der Waals surface area (Å²) < 4.78 is 5.39. The largest absolute Gasteiger partial charge is 0.480 e. The van der Waals surface area contributed by atoms with Gasteiger partial charge in [-0.25, -0.2) is 4.98 Å². The molecule has 1 atom stereocenters. The van der Waals surface area contributed by atoms with Gasteiger partial charge >= 0.3 is 5.97 Å². The summed E-state index contributed by atoms with van der Waals surface area (Å²) in [5, 5.41) is 12.0. The molecule has 104 valence electrons. The summed E-state index contributed by atoms with van der Waals surface area (Å²) in [4.78, 5) is 20.5. The van der Waals surface area contributed by atoms with Gasteiger partial charge in [0.2, 0.25) is 5.95 Å². The van der Waals surface area contributed by atoms with Gasteiger partial charge in [0.1, 0.15) is 12.4 Å². The van der Waals surface area contributed by atoms with Gasteiger partial charge in [-0.3, -0.25) is 4.79 Å². The number of ether oxygens (including phenoxy) is 1. The van der Waals surface area contributed by atoms with Crippen molar-refractivity contribution in [3.63, 3.8) is 0 Å². The lowest BCUT2D eigenvalue weighted by molar-refractivity contribution is -0.135. The van der Waals surface area contributed by atoms with Crippen LogP contribution in [0.15, 0.2) is 12.3 Å². The summed E-state index contributed by atoms with van der Waals surface area (Å²) in [6.07, 6.45) is 3.70. The molecular formula is C12H18N4O3. The highest BCUT2D eigenvalue weighted by atomic mass is 16.5. The van der Waals surface area contributed by atoms with E-state index in [0.717, 1.165) is 19.4 Å². The van der Waals surface area contributed by atoms with Crippen LogP contribution in [0.1, 0.15) is 12.8 Å². The van der Waals surface area contributed by atoms with E-state index >= 15 is 0 Å². The number of hydrogen-bond acceptors (Lipinski definition) is 6. The molecule has 7 heteroatoms. The van der Waals surface area contributed by atoms with E-state index in [1.807, 2.05) is 0 Å². The van der Waals surface area contributed by atoms with E-state index in [-0.39, 0.29) is 12.6 Å². The van der Waals surface area contributed by atoms with Crippen LogP contribution < -0.4 is 10.2 Å². The first-order chi connectivity index (χ1) is 9.15. The van der Waals surface area contributed by atoms with Crippen molar-refractivity contribution in [2.24, 2.45) is 0 Å². The van der Waals surface area contributed by atoms with Crippen LogP contribution in [0.5, 0.6) is 0 Å². The van der Waals surface area contributed by atoms with Crippen molar-refractivity contribution in [1.82, 2.24) is 9.97 Å². The quantitative estimate of drug-likeness (QED) is 0.806. The lowest BCUT2D eigenvalue weighted by atomic mass is 10.1. The first-order valence-electron chi connectivity index (χ1n) is 6.25. The zero-order chi connectivity index (χ0) is 13.7. The third-order valence-corrected chi connectivity index (χ3v) is 2.87. The normalized spacial score (nSPS) is 18.9. The molecule has 1 aliphatic rings. The Hall–Kier alpha value is -1.89. The zero-order valence-electron chi connectivity index (χ0n) is 10.9. The highest BCUT2D eigenvalue weighted by Gasteiger charge is 2.15. The summed E-state index contributed by atoms with van der Waals surface area (Å²) in [5.74, 6) is 0.173. The van der Waals surface area contributed by atoms with Crippen molar-refractivity contribution in [1.29, 1.82) is 0 Å². The molecule has 0 radical (unpaired) electrons. The molecule has 1 fully saturated rings. The van der Waals surface area contributed by atoms with E-state index in [9.17, 15) is 4.79 Å². The molecule has 0 aliphatic carbocycles. The van der Waals surface area contributed by atoms with Gasteiger partial charge in [-0.1, -0.05) is 0 Å². The average molecular weight is 266 g/mol. The number of nitrogens with one attached hydrogen (secondary N) is 1. The van der Waals surface area contributed by atoms with E-state index in [1.165, 1.54) is 4.90 Å². The molecule has 1 aromatic rings. The average Bonchev–Trinajstić information content (AvgIpc) is 2.39. The Labute approximate surface area is 111 Å². The molecule has 1 aliphatic heterocycles. The second kappa shape index (κ2) is 6.33. The van der Waals surface area contributed by atoms with Gasteiger partial charge in [-0.05, 0) is 18.9 Å². The number of hydrogen-bond donors (Lipinski definition) is 2. The van der Waals surface area contributed by atoms with Gasteiger partial charge in [-0.2, -0.15) is 4.98 Å². The van der Waals surface area contributed by atoms with E-state index in [4.69, 9.17) is 9.84 Å². The van der Waals surface area contributed by atoms with Crippen molar-refractivity contribution >= 4 is 17.7 Å². The Bertz CT molecular complexity index is 435. The summed E-state index contributed by atoms with van der Waals surface area (Å²) >= 11 is 0. The lowest BCUT2D eigenvalue weighted by Gasteiger charge is -2.24. The summed E-state index contributed by atoms with van der Waals surface area (Å²) in [7, 11) is 1.65. The number of rotatable bonds is 5. The van der Waals surface area contributed by atoms with Crippen LogP contribution in [0.2, 0.25) is 0 Å². The number of carboxylic acid groups (broad SMARTS) is 1. The predicted octanol–water partition coefficient (Wildman–Crippen LogP) is 0.588. The minimum absolute atomic E-state index is 0.129. The van der Waals surface area contributed by atoms with Gasteiger partial charge in [0.15, 0.2) is 0 Å². The van der Waals surface area contributed by atoms with Gasteiger partial charge in [0.25, 0.3) is 0 Å². The molecule has 19 heavy (non-hydrogen) atoms. The Morgan fingerprint density at radius 1 is 1.68 bits per heavy atom. The Morgan fingerprint density at radius 2 is 2.53 bits per heavy atom. The first kappa shape index (κ1) is 13.5. The fourth-order valence-electron chi connectivity index (χ4n) is 1.95. The molecule has 7 nitrogen and oxygen atoms in total. The number of aromatic nitrogens is 2. The lowest BCUT2D eigenvalue weighted by Crippen LogP contribution is -2.31. The van der Waals surface area contributed by atoms with E-state index in [0.29, 0.717) is 18.4 Å². The third-order valence-electron chi connectivity index (χ3n) is 2.87. The van der Waals surface area contributed by atoms with E-state index in [2.05, 4.69) is 15.3 Å². The first-order valence-corrected chi connectivity index (χ1v) is 6.25. The molecule has 1 saturated heterocycles. The highest BCUT2D eigenvalue weighted by molar-refractivity contribution is 5.72. The van der Waals surface area contributed by atoms with Gasteiger partial charge in [0.05, 0.1) is 12.6 Å². The molecular weight excluding hydrogens is 248 g/mol. The topological polar surface area (TPSA) is 87.6 Å². The molecule has 1 aromatic heterocycles. The molecule has 0 spiro atoms. The maximum absolute atomic E-state index is 10.7. The van der Waals surface area contributed by atoms with Crippen LogP contribution in [0.3, 0.4) is 0 Å². The van der Waals surface area contributed by atoms with Crippen LogP contribution >= 0.6 is 0 Å². The highest BCUT2D eigenvalue weighted by Crippen LogP contribution is 2.14. The molecule has 0 bridgehead atoms. The van der Waals surface area contributed by atoms with Crippen LogP contribution in [0.25, 0.3) is 0 Å². The molecule has 0 saturated carbocycles. The molecule has 2 N–H and O–H groups in total. The van der Waals surface area contributed by atoms with Gasteiger partial charge in [-0.15, -0.1) is 0 Å². The standard InChI is InChI=1S/C12H18N4O3/c1-16(7-11(17)18)12-13-5-4-10(15-12)14-9-3-2-6-19-8-9/h4-5,9H,2-3,6-8H2,1H3,(H,17,18)(H,13,14,15). The van der Waals surface area contributed by atoms with Crippen molar-refractivity contribution in [3.05, 3.63) is 12.3 Å². The minimum atomic E-state index is -0.912. The third kappa shape index (κ3) is 4.06. The molecule has 1 unspecified atom stereocenters. The Morgan fingerprint density at radius 3 is 3.21 bits per heavy atom. The Kier molecular flexibility index (Phi) is 4.51. The SMILES string of the molecule is CN(CC(=O)O)c1nccc(NC2CCCOC2)n1. The number of aliphatic carboxylic acids is 1. The smallest absolute Gasteiger partial charge is 0.323 e. The Balaban J connectivity index is 1.99. The minimum Gasteiger partial charge on any atom is -0.480 e. The fourth-order valence-corrected chi connectivity index (χ4v) is 1.95. The van der Waals surface area contributed by atoms with Crippen molar-refractivity contribution in [3.8, 4) is 0 Å². The van der Waals surface area contributed by atoms with Gasteiger partial charge < -0.3 is 20.1 Å². The van der Waals surface area contributed by atoms with Crippen molar-refractivity contribution < 1.29 is 14.6 Å². The number of anilines is 2. The maximum Gasteiger partial charge on any atom is 0.323 e. The van der Waals surface area contributed by atoms with Crippen LogP contribution in [-0.4, -0.2) is 53.9 Å². The molecule has 2 rings (SSSR count). The predicted molar refractivity (Wildman–Crippen MR) is 70.4 cm³/mol. The summed E-state index contributed by atoms with van der Waals surface area (Å²) in [6.45, 7) is 1.36. The summed E-state index contributed by atoms with van der Waals surface area (Å²) in [6, 6.07) is 2.02. The monoisotopic (exact) mass is 266 g/mol. The second-order valence-corrected chi connectivity index (χ2v) is 4.55. The van der Waals surface area contributed by atoms with Crippen molar-refractivity contribution in [2.75, 3.05) is 37.0 Å². The zero-order valence-corrected chi connectivity index (χ0v) is 10.9. The van der Waals surface area contributed by atoms with E-state index < -0.39 is 5.97 Å². The van der Waals surface area contributed by atoms with Crippen LogP contribution in [0.4, 0.5) is 11.8 Å². The van der Waals surface area contributed by atoms with Crippen LogP contribution in [0, 0.1) is 0 Å².